The summed E-state index contributed by atoms with van der Waals surface area (Å²) in [6.07, 6.45) is 6.69. The van der Waals surface area contributed by atoms with Crippen LogP contribution >= 0.6 is 11.3 Å². The number of nitrogens with zero attached hydrogens (tertiary/aromatic N) is 2. The van der Waals surface area contributed by atoms with Crippen LogP contribution in [0.5, 0.6) is 0 Å². The first-order chi connectivity index (χ1) is 12.8. The molecule has 0 radical (unpaired) electrons. The Morgan fingerprint density at radius 2 is 1.78 bits per heavy atom. The molecule has 0 saturated carbocycles. The first-order valence-electron chi connectivity index (χ1n) is 9.42. The van der Waals surface area contributed by atoms with Crippen molar-refractivity contribution in [1.29, 1.82) is 0 Å². The molecule has 2 nitrogen and oxygen atoms in total. The zero-order chi connectivity index (χ0) is 19.3. The number of allylic oxidation sites excluding steroid dienone is 3. The summed E-state index contributed by atoms with van der Waals surface area (Å²) in [4.78, 5) is 2.32. The minimum Gasteiger partial charge on any atom is -0.347 e. The fourth-order valence-electron chi connectivity index (χ4n) is 4.09. The third kappa shape index (κ3) is 2.81. The van der Waals surface area contributed by atoms with Crippen LogP contribution in [0, 0.1) is 13.8 Å². The highest BCUT2D eigenvalue weighted by Crippen LogP contribution is 2.46. The van der Waals surface area contributed by atoms with Gasteiger partial charge in [-0.05, 0) is 48.7 Å². The smallest absolute Gasteiger partial charge is 0.262 e. The van der Waals surface area contributed by atoms with Crippen LogP contribution in [0.2, 0.25) is 0 Å². The van der Waals surface area contributed by atoms with E-state index in [4.69, 9.17) is 0 Å². The van der Waals surface area contributed by atoms with Crippen molar-refractivity contribution in [2.75, 3.05) is 11.9 Å². The fraction of sp³-hybridized carbons (Fsp3) is 0.292. The molecule has 27 heavy (non-hydrogen) atoms. The number of benzene rings is 2. The number of hydrogen-bond donors (Lipinski definition) is 0. The molecule has 0 fully saturated rings. The highest BCUT2D eigenvalue weighted by Gasteiger charge is 2.37. The molecule has 2 heterocycles. The number of likely N-dealkylation sites (N-methyl/N-ethyl adjacent to an activating group) is 1. The molecule has 0 aliphatic carbocycles. The summed E-state index contributed by atoms with van der Waals surface area (Å²) in [5.74, 6) is 0. The third-order valence-corrected chi connectivity index (χ3v) is 7.08. The Balaban J connectivity index is 1.70. The van der Waals surface area contributed by atoms with Gasteiger partial charge in [0.25, 0.3) is 5.01 Å². The minimum absolute atomic E-state index is 0.0201. The highest BCUT2D eigenvalue weighted by atomic mass is 32.1. The number of anilines is 1. The van der Waals surface area contributed by atoms with Gasteiger partial charge in [-0.25, -0.2) is 0 Å². The van der Waals surface area contributed by atoms with Gasteiger partial charge < -0.3 is 4.90 Å². The van der Waals surface area contributed by atoms with Crippen LogP contribution in [0.3, 0.4) is 0 Å². The van der Waals surface area contributed by atoms with Crippen molar-refractivity contribution < 1.29 is 4.57 Å². The third-order valence-electron chi connectivity index (χ3n) is 5.92. The molecule has 0 unspecified atom stereocenters. The Morgan fingerprint density at radius 3 is 2.52 bits per heavy atom. The second kappa shape index (κ2) is 6.35. The summed E-state index contributed by atoms with van der Waals surface area (Å²) in [5, 5.41) is 1.27. The number of aryl methyl sites for hydroxylation is 3. The van der Waals surface area contributed by atoms with Crippen LogP contribution < -0.4 is 9.47 Å². The van der Waals surface area contributed by atoms with Crippen LogP contribution in [0.1, 0.15) is 35.5 Å². The van der Waals surface area contributed by atoms with Gasteiger partial charge in [0.05, 0.1) is 0 Å². The van der Waals surface area contributed by atoms with Crippen molar-refractivity contribution >= 4 is 33.3 Å². The van der Waals surface area contributed by atoms with Gasteiger partial charge in [0.1, 0.15) is 11.7 Å². The molecule has 0 amide bonds. The number of fused-ring (bicyclic) bond motifs is 2. The summed E-state index contributed by atoms with van der Waals surface area (Å²) in [5.41, 5.74) is 8.06. The van der Waals surface area contributed by atoms with E-state index >= 15 is 0 Å². The van der Waals surface area contributed by atoms with Gasteiger partial charge >= 0.3 is 0 Å². The highest BCUT2D eigenvalue weighted by molar-refractivity contribution is 7.18. The fourth-order valence-corrected chi connectivity index (χ4v) is 5.23. The molecule has 0 spiro atoms. The normalized spacial score (nSPS) is 17.4. The Bertz CT molecular complexity index is 1100. The van der Waals surface area contributed by atoms with Crippen molar-refractivity contribution in [2.24, 2.45) is 7.05 Å². The van der Waals surface area contributed by atoms with Crippen molar-refractivity contribution in [3.05, 3.63) is 75.9 Å². The summed E-state index contributed by atoms with van der Waals surface area (Å²) >= 11 is 1.85. The lowest BCUT2D eigenvalue weighted by Gasteiger charge is -2.23. The lowest BCUT2D eigenvalue weighted by atomic mass is 9.84. The Labute approximate surface area is 166 Å². The lowest BCUT2D eigenvalue weighted by Crippen LogP contribution is -2.29. The van der Waals surface area contributed by atoms with Crippen LogP contribution in [0.15, 0.2) is 54.2 Å². The van der Waals surface area contributed by atoms with Crippen LogP contribution in [-0.4, -0.2) is 7.05 Å². The summed E-state index contributed by atoms with van der Waals surface area (Å²) in [6.45, 7) is 8.98. The second-order valence-electron chi connectivity index (χ2n) is 8.02. The predicted octanol–water partition coefficient (Wildman–Crippen LogP) is 5.67. The van der Waals surface area contributed by atoms with E-state index in [1.165, 1.54) is 43.3 Å². The number of aromatic nitrogens is 1. The first kappa shape index (κ1) is 18.0. The van der Waals surface area contributed by atoms with Crippen LogP contribution in [-0.2, 0) is 12.5 Å². The van der Waals surface area contributed by atoms with Crippen molar-refractivity contribution in [3.8, 4) is 0 Å². The Hall–Kier alpha value is -2.39. The zero-order valence-corrected chi connectivity index (χ0v) is 17.8. The van der Waals surface area contributed by atoms with Gasteiger partial charge in [0.2, 0.25) is 5.52 Å². The largest absolute Gasteiger partial charge is 0.347 e. The van der Waals surface area contributed by atoms with Gasteiger partial charge in [-0.3, -0.25) is 0 Å². The van der Waals surface area contributed by atoms with Crippen molar-refractivity contribution in [2.45, 2.75) is 33.1 Å². The second-order valence-corrected chi connectivity index (χ2v) is 9.08. The molecule has 3 aromatic rings. The minimum atomic E-state index is 0.0201. The molecule has 1 aromatic heterocycles. The number of thiazole rings is 1. The van der Waals surface area contributed by atoms with Gasteiger partial charge in [-0.2, -0.15) is 4.57 Å². The molecular formula is C24H27N2S+. The van der Waals surface area contributed by atoms with Crippen LogP contribution in [0.4, 0.5) is 5.69 Å². The zero-order valence-electron chi connectivity index (χ0n) is 17.0. The van der Waals surface area contributed by atoms with Crippen molar-refractivity contribution in [3.63, 3.8) is 0 Å². The quantitative estimate of drug-likeness (QED) is 0.524. The molecule has 0 bridgehead atoms. The van der Waals surface area contributed by atoms with Gasteiger partial charge in [0, 0.05) is 36.0 Å². The van der Waals surface area contributed by atoms with Gasteiger partial charge in [-0.1, -0.05) is 49.5 Å². The standard InChI is InChI=1S/C24H27N2S/c1-16-14-20-21(15-17(16)2)27-23(26(20)6)13-9-12-22-24(3,4)18-10-7-8-11-19(18)25(22)5/h7-15H,1-6H3/q+1. The molecule has 0 atom stereocenters. The maximum absolute atomic E-state index is 2.32. The molecule has 138 valence electrons. The Kier molecular flexibility index (Phi) is 4.23. The van der Waals surface area contributed by atoms with Gasteiger partial charge in [0.15, 0.2) is 0 Å². The summed E-state index contributed by atoms with van der Waals surface area (Å²) in [7, 11) is 4.32. The molecule has 4 rings (SSSR count). The molecule has 0 saturated heterocycles. The number of hydrogen-bond acceptors (Lipinski definition) is 2. The average Bonchev–Trinajstić information content (AvgIpc) is 3.03. The molecule has 1 aliphatic rings. The summed E-state index contributed by atoms with van der Waals surface area (Å²) in [6, 6.07) is 13.3. The molecule has 1 aliphatic heterocycles. The average molecular weight is 376 g/mol. The topological polar surface area (TPSA) is 7.12 Å². The molecule has 3 heteroatoms. The van der Waals surface area contributed by atoms with Gasteiger partial charge in [-0.15, -0.1) is 0 Å². The van der Waals surface area contributed by atoms with E-state index in [-0.39, 0.29) is 5.41 Å². The monoisotopic (exact) mass is 375 g/mol. The van der Waals surface area contributed by atoms with E-state index in [9.17, 15) is 0 Å². The molecule has 2 aromatic carbocycles. The van der Waals surface area contributed by atoms with E-state index in [1.54, 1.807) is 0 Å². The number of rotatable bonds is 2. The molecule has 0 N–H and O–H groups in total. The predicted molar refractivity (Wildman–Crippen MR) is 117 cm³/mol. The van der Waals surface area contributed by atoms with E-state index in [2.05, 4.69) is 106 Å². The van der Waals surface area contributed by atoms with E-state index in [1.807, 2.05) is 11.3 Å². The first-order valence-corrected chi connectivity index (χ1v) is 10.2. The van der Waals surface area contributed by atoms with Crippen LogP contribution in [0.25, 0.3) is 16.3 Å². The Morgan fingerprint density at radius 1 is 1.07 bits per heavy atom. The van der Waals surface area contributed by atoms with E-state index in [0.29, 0.717) is 0 Å². The maximum Gasteiger partial charge on any atom is 0.262 e. The lowest BCUT2D eigenvalue weighted by molar-refractivity contribution is -0.642. The number of para-hydroxylation sites is 1. The summed E-state index contributed by atoms with van der Waals surface area (Å²) < 4.78 is 3.64. The van der Waals surface area contributed by atoms with Crippen molar-refractivity contribution in [1.82, 2.24) is 0 Å². The van der Waals surface area contributed by atoms with E-state index < -0.39 is 0 Å². The van der Waals surface area contributed by atoms with E-state index in [0.717, 1.165) is 0 Å². The maximum atomic E-state index is 2.32. The SMILES string of the molecule is Cc1cc2sc(C=CC=C3N(C)c4ccccc4C3(C)C)[n+](C)c2cc1C. The molecular weight excluding hydrogens is 348 g/mol.